The lowest BCUT2D eigenvalue weighted by molar-refractivity contribution is 0.354. The molecule has 0 atom stereocenters. The van der Waals surface area contributed by atoms with Crippen molar-refractivity contribution < 1.29 is 9.47 Å². The summed E-state index contributed by atoms with van der Waals surface area (Å²) >= 11 is 6.03. The molecule has 0 amide bonds. The Morgan fingerprint density at radius 2 is 1.63 bits per heavy atom. The largest absolute Gasteiger partial charge is 0.493 e. The van der Waals surface area contributed by atoms with Crippen molar-refractivity contribution in [3.05, 3.63) is 63.6 Å². The van der Waals surface area contributed by atoms with Crippen LogP contribution >= 0.6 is 11.6 Å². The van der Waals surface area contributed by atoms with Gasteiger partial charge in [0.15, 0.2) is 11.5 Å². The molecule has 6 nitrogen and oxygen atoms in total. The fourth-order valence-electron chi connectivity index (χ4n) is 3.95. The second-order valence-corrected chi connectivity index (χ2v) is 7.26. The molecule has 30 heavy (non-hydrogen) atoms. The van der Waals surface area contributed by atoms with E-state index in [1.54, 1.807) is 43.1 Å². The number of nitriles is 2. The maximum absolute atomic E-state index is 10.1. The van der Waals surface area contributed by atoms with Gasteiger partial charge in [0.2, 0.25) is 0 Å². The van der Waals surface area contributed by atoms with Gasteiger partial charge in [-0.2, -0.15) is 10.5 Å². The van der Waals surface area contributed by atoms with Crippen LogP contribution in [0.2, 0.25) is 5.02 Å². The lowest BCUT2D eigenvalue weighted by Gasteiger charge is -2.27. The molecule has 0 unspecified atom stereocenters. The average Bonchev–Trinajstić information content (AvgIpc) is 2.78. The van der Waals surface area contributed by atoms with Crippen molar-refractivity contribution in [2.45, 2.75) is 13.0 Å². The van der Waals surface area contributed by atoms with Gasteiger partial charge in [0.1, 0.15) is 23.2 Å². The first-order valence-corrected chi connectivity index (χ1v) is 9.58. The van der Waals surface area contributed by atoms with Crippen molar-refractivity contribution in [3.8, 4) is 46.0 Å². The van der Waals surface area contributed by atoms with E-state index in [4.69, 9.17) is 26.5 Å². The topological polar surface area (TPSA) is 94.8 Å². The molecule has 0 saturated carbocycles. The molecule has 4 rings (SSSR count). The summed E-state index contributed by atoms with van der Waals surface area (Å²) in [5.41, 5.74) is 4.09. The van der Waals surface area contributed by atoms with Gasteiger partial charge in [-0.05, 0) is 41.8 Å². The molecular weight excluding hydrogens is 400 g/mol. The van der Waals surface area contributed by atoms with Crippen molar-refractivity contribution in [1.29, 1.82) is 15.9 Å². The van der Waals surface area contributed by atoms with Gasteiger partial charge in [0.25, 0.3) is 0 Å². The summed E-state index contributed by atoms with van der Waals surface area (Å²) in [6.07, 6.45) is 0.648. The Balaban J connectivity index is 2.13. The number of hydrogen-bond acceptors (Lipinski definition) is 5. The minimum Gasteiger partial charge on any atom is -0.493 e. The van der Waals surface area contributed by atoms with E-state index in [1.165, 1.54) is 0 Å². The van der Waals surface area contributed by atoms with Gasteiger partial charge in [0, 0.05) is 22.7 Å². The van der Waals surface area contributed by atoms with Crippen LogP contribution in [0.4, 0.5) is 0 Å². The van der Waals surface area contributed by atoms with Crippen LogP contribution in [0.15, 0.2) is 36.4 Å². The number of aryl methyl sites for hydroxylation is 1. The molecule has 0 fully saturated rings. The van der Waals surface area contributed by atoms with Crippen LogP contribution in [0.5, 0.6) is 11.5 Å². The minimum absolute atomic E-state index is 0.0804. The van der Waals surface area contributed by atoms with Crippen LogP contribution in [0.25, 0.3) is 22.4 Å². The SMILES string of the molecule is COc1cc2c(cc1OC)-c1c(C#N)c(-c3ccc(Cl)cc3)c(C#N)c(=N)n1CC2. The average molecular weight is 417 g/mol. The summed E-state index contributed by atoms with van der Waals surface area (Å²) in [6, 6.07) is 15.1. The molecule has 1 aromatic heterocycles. The summed E-state index contributed by atoms with van der Waals surface area (Å²) < 4.78 is 12.6. The first-order valence-electron chi connectivity index (χ1n) is 9.20. The van der Waals surface area contributed by atoms with Crippen molar-refractivity contribution in [2.75, 3.05) is 14.2 Å². The first kappa shape index (κ1) is 19.6. The number of methoxy groups -OCH3 is 2. The molecule has 0 bridgehead atoms. The summed E-state index contributed by atoms with van der Waals surface area (Å²) in [5.74, 6) is 1.15. The van der Waals surface area contributed by atoms with E-state index in [2.05, 4.69) is 12.1 Å². The third-order valence-electron chi connectivity index (χ3n) is 5.34. The second-order valence-electron chi connectivity index (χ2n) is 6.82. The van der Waals surface area contributed by atoms with Crippen molar-refractivity contribution >= 4 is 11.6 Å². The summed E-state index contributed by atoms with van der Waals surface area (Å²) in [5, 5.41) is 29.2. The Bertz CT molecular complexity index is 1310. The van der Waals surface area contributed by atoms with Crippen LogP contribution in [-0.4, -0.2) is 18.8 Å². The standard InChI is InChI=1S/C23H17ClN4O2/c1-29-19-9-14-7-8-28-22(16(14)10-20(19)30-2)17(11-25)21(18(12-26)23(28)27)13-3-5-15(24)6-4-13/h3-6,9-10,27H,7-8H2,1-2H3. The lowest BCUT2D eigenvalue weighted by atomic mass is 9.88. The molecule has 3 aromatic rings. The first-order chi connectivity index (χ1) is 14.5. The van der Waals surface area contributed by atoms with E-state index in [-0.39, 0.29) is 11.1 Å². The monoisotopic (exact) mass is 416 g/mol. The Morgan fingerprint density at radius 3 is 2.23 bits per heavy atom. The van der Waals surface area contributed by atoms with Gasteiger partial charge >= 0.3 is 0 Å². The highest BCUT2D eigenvalue weighted by Crippen LogP contribution is 2.41. The molecule has 7 heteroatoms. The number of fused-ring (bicyclic) bond motifs is 3. The van der Waals surface area contributed by atoms with Crippen LogP contribution in [0.3, 0.4) is 0 Å². The van der Waals surface area contributed by atoms with Crippen LogP contribution in [0, 0.1) is 28.1 Å². The highest BCUT2D eigenvalue weighted by atomic mass is 35.5. The van der Waals surface area contributed by atoms with E-state index in [0.717, 1.165) is 11.1 Å². The van der Waals surface area contributed by atoms with Gasteiger partial charge in [0.05, 0.1) is 25.5 Å². The number of aromatic nitrogens is 1. The van der Waals surface area contributed by atoms with Gasteiger partial charge in [-0.1, -0.05) is 23.7 Å². The number of halogens is 1. The second kappa shape index (κ2) is 7.59. The molecule has 148 valence electrons. The van der Waals surface area contributed by atoms with Crippen LogP contribution in [0.1, 0.15) is 16.7 Å². The van der Waals surface area contributed by atoms with E-state index in [9.17, 15) is 10.5 Å². The minimum atomic E-state index is 0.0804. The number of pyridine rings is 1. The van der Waals surface area contributed by atoms with Crippen molar-refractivity contribution in [3.63, 3.8) is 0 Å². The number of benzene rings is 2. The number of nitrogens with zero attached hydrogens (tertiary/aromatic N) is 3. The van der Waals surface area contributed by atoms with Gasteiger partial charge in [-0.15, -0.1) is 0 Å². The molecule has 0 spiro atoms. The predicted molar refractivity (Wildman–Crippen MR) is 112 cm³/mol. The fourth-order valence-corrected chi connectivity index (χ4v) is 4.08. The van der Waals surface area contributed by atoms with E-state index < -0.39 is 0 Å². The molecule has 0 saturated heterocycles. The molecule has 2 heterocycles. The summed E-state index contributed by atoms with van der Waals surface area (Å²) in [4.78, 5) is 0. The number of hydrogen-bond donors (Lipinski definition) is 1. The normalized spacial score (nSPS) is 11.6. The third-order valence-corrected chi connectivity index (χ3v) is 5.59. The van der Waals surface area contributed by atoms with Gasteiger partial charge < -0.3 is 14.0 Å². The molecule has 2 aromatic carbocycles. The summed E-state index contributed by atoms with van der Waals surface area (Å²) in [6.45, 7) is 0.487. The number of ether oxygens (including phenoxy) is 2. The Morgan fingerprint density at radius 1 is 1.00 bits per heavy atom. The van der Waals surface area contributed by atoms with Crippen LogP contribution < -0.4 is 15.0 Å². The quantitative estimate of drug-likeness (QED) is 0.689. The third kappa shape index (κ3) is 2.90. The molecule has 1 aliphatic rings. The zero-order valence-electron chi connectivity index (χ0n) is 16.4. The lowest BCUT2D eigenvalue weighted by Crippen LogP contribution is -2.30. The number of rotatable bonds is 3. The molecule has 1 N–H and O–H groups in total. The van der Waals surface area contributed by atoms with Gasteiger partial charge in [-0.3, -0.25) is 5.41 Å². The zero-order chi connectivity index (χ0) is 21.4. The Hall–Kier alpha value is -3.74. The van der Waals surface area contributed by atoms with Crippen molar-refractivity contribution in [1.82, 2.24) is 4.57 Å². The molecule has 1 aliphatic heterocycles. The maximum Gasteiger partial charge on any atom is 0.161 e. The zero-order valence-corrected chi connectivity index (χ0v) is 17.2. The molecule has 0 radical (unpaired) electrons. The summed E-state index contributed by atoms with van der Waals surface area (Å²) in [7, 11) is 3.14. The fraction of sp³-hybridized carbons (Fsp3) is 0.174. The van der Waals surface area contributed by atoms with Crippen molar-refractivity contribution in [2.24, 2.45) is 0 Å². The number of nitrogens with one attached hydrogen (secondary N) is 1. The Kier molecular flexibility index (Phi) is 4.95. The predicted octanol–water partition coefficient (Wildman–Crippen LogP) is 4.27. The van der Waals surface area contributed by atoms with Gasteiger partial charge in [-0.25, -0.2) is 0 Å². The van der Waals surface area contributed by atoms with Crippen LogP contribution in [-0.2, 0) is 13.0 Å². The van der Waals surface area contributed by atoms with E-state index in [1.807, 2.05) is 12.1 Å². The maximum atomic E-state index is 10.1. The highest BCUT2D eigenvalue weighted by molar-refractivity contribution is 6.30. The van der Waals surface area contributed by atoms with E-state index in [0.29, 0.717) is 51.9 Å². The smallest absolute Gasteiger partial charge is 0.161 e. The Labute approximate surface area is 178 Å². The molecule has 0 aliphatic carbocycles. The molecular formula is C23H17ClN4O2. The van der Waals surface area contributed by atoms with E-state index >= 15 is 0 Å². The highest BCUT2D eigenvalue weighted by Gasteiger charge is 2.27.